The number of ether oxygens (including phenoxy) is 1. The monoisotopic (exact) mass is 333 g/mol. The van der Waals surface area contributed by atoms with Crippen LogP contribution in [-0.2, 0) is 14.0 Å². The van der Waals surface area contributed by atoms with Gasteiger partial charge in [0.05, 0.1) is 17.1 Å². The van der Waals surface area contributed by atoms with E-state index in [-0.39, 0.29) is 0 Å². The largest absolute Gasteiger partial charge is 0.486 e. The molecule has 0 aliphatic carbocycles. The van der Waals surface area contributed by atoms with Crippen molar-refractivity contribution >= 4 is 13.2 Å². The predicted octanol–water partition coefficient (Wildman–Crippen LogP) is 3.88. The molecule has 0 radical (unpaired) electrons. The lowest BCUT2D eigenvalue weighted by Gasteiger charge is -2.32. The highest BCUT2D eigenvalue weighted by Crippen LogP contribution is 2.40. The summed E-state index contributed by atoms with van der Waals surface area (Å²) in [6.07, 6.45) is -0.494. The number of carbonyl (C=O) groups is 1. The van der Waals surface area contributed by atoms with Crippen LogP contribution in [0.25, 0.3) is 0 Å². The Labute approximate surface area is 145 Å². The molecular weight excluding hydrogens is 305 g/mol. The van der Waals surface area contributed by atoms with Crippen molar-refractivity contribution in [2.75, 3.05) is 0 Å². The fraction of sp³-hybridized carbons (Fsp3) is 0.611. The van der Waals surface area contributed by atoms with Crippen LogP contribution in [0.5, 0.6) is 0 Å². The maximum atomic E-state index is 12.3. The minimum Gasteiger partial charge on any atom is -0.444 e. The molecule has 1 atom stereocenters. The number of alkyl carbamates (subject to hydrolysis) is 1. The zero-order valence-electron chi connectivity index (χ0n) is 15.7. The highest BCUT2D eigenvalue weighted by Gasteiger charge is 2.54. The Bertz CT molecular complexity index is 564. The van der Waals surface area contributed by atoms with Crippen molar-refractivity contribution in [1.82, 2.24) is 5.32 Å². The molecule has 0 aromatic heterocycles. The van der Waals surface area contributed by atoms with Crippen LogP contribution in [0.2, 0.25) is 0 Å². The van der Waals surface area contributed by atoms with Crippen molar-refractivity contribution in [3.63, 3.8) is 0 Å². The number of rotatable bonds is 3. The van der Waals surface area contributed by atoms with Gasteiger partial charge in [-0.25, -0.2) is 4.79 Å². The second kappa shape index (κ2) is 6.41. The van der Waals surface area contributed by atoms with Crippen molar-refractivity contribution in [1.29, 1.82) is 0 Å². The second-order valence-electron chi connectivity index (χ2n) is 8.16. The highest BCUT2D eigenvalue weighted by molar-refractivity contribution is 6.47. The number of nitrogens with one attached hydrogen (secondary N) is 1. The van der Waals surface area contributed by atoms with Gasteiger partial charge in [-0.2, -0.15) is 0 Å². The fourth-order valence-electron chi connectivity index (χ4n) is 2.43. The molecule has 0 unspecified atom stereocenters. The summed E-state index contributed by atoms with van der Waals surface area (Å²) in [5.74, 6) is -0.456. The summed E-state index contributed by atoms with van der Waals surface area (Å²) < 4.78 is 17.6. The lowest BCUT2D eigenvalue weighted by molar-refractivity contribution is 0.00578. The molecule has 1 amide bonds. The molecule has 6 heteroatoms. The Morgan fingerprint density at radius 3 is 2.04 bits per heavy atom. The molecule has 5 nitrogen and oxygen atoms in total. The van der Waals surface area contributed by atoms with Crippen molar-refractivity contribution in [3.8, 4) is 0 Å². The molecule has 0 bridgehead atoms. The lowest BCUT2D eigenvalue weighted by atomic mass is 9.74. The number of hydrogen-bond acceptors (Lipinski definition) is 4. The van der Waals surface area contributed by atoms with Crippen molar-refractivity contribution in [2.24, 2.45) is 0 Å². The van der Waals surface area contributed by atoms with Crippen LogP contribution in [0.1, 0.15) is 60.0 Å². The number of amides is 1. The quantitative estimate of drug-likeness (QED) is 0.853. The van der Waals surface area contributed by atoms with Gasteiger partial charge < -0.3 is 19.4 Å². The molecule has 132 valence electrons. The van der Waals surface area contributed by atoms with Gasteiger partial charge in [0.15, 0.2) is 0 Å². The number of carbonyl (C=O) groups excluding carboxylic acids is 1. The maximum absolute atomic E-state index is 12.3. The van der Waals surface area contributed by atoms with Gasteiger partial charge in [0.2, 0.25) is 0 Å². The van der Waals surface area contributed by atoms with E-state index in [1.807, 2.05) is 78.8 Å². The molecule has 0 spiro atoms. The normalized spacial score (nSPS) is 20.5. The Hall–Kier alpha value is -1.53. The maximum Gasteiger partial charge on any atom is 0.486 e. The molecule has 1 saturated heterocycles. The molecule has 1 heterocycles. The molecular formula is C18H28BNO4. The van der Waals surface area contributed by atoms with Gasteiger partial charge in [0, 0.05) is 0 Å². The van der Waals surface area contributed by atoms with Gasteiger partial charge in [-0.3, -0.25) is 0 Å². The van der Waals surface area contributed by atoms with E-state index in [2.05, 4.69) is 5.32 Å². The highest BCUT2D eigenvalue weighted by atomic mass is 16.7. The molecule has 1 N–H and O–H groups in total. The van der Waals surface area contributed by atoms with Crippen molar-refractivity contribution in [2.45, 2.75) is 71.2 Å². The smallest absolute Gasteiger partial charge is 0.444 e. The molecule has 2 rings (SSSR count). The SMILES string of the molecule is CC(C)(C)OC(=O)N[C@H](B1OC(C)(C)C(C)(C)O1)c1ccccc1. The summed E-state index contributed by atoms with van der Waals surface area (Å²) in [5, 5.41) is 2.90. The molecule has 1 fully saturated rings. The Morgan fingerprint density at radius 1 is 1.08 bits per heavy atom. The topological polar surface area (TPSA) is 56.8 Å². The Morgan fingerprint density at radius 2 is 1.58 bits per heavy atom. The van der Waals surface area contributed by atoms with Crippen LogP contribution in [0, 0.1) is 0 Å². The zero-order valence-corrected chi connectivity index (χ0v) is 15.7. The van der Waals surface area contributed by atoms with E-state index >= 15 is 0 Å². The first kappa shape index (κ1) is 18.8. The lowest BCUT2D eigenvalue weighted by Crippen LogP contribution is -2.43. The zero-order chi connectivity index (χ0) is 18.2. The van der Waals surface area contributed by atoms with Gasteiger partial charge in [0.25, 0.3) is 0 Å². The summed E-state index contributed by atoms with van der Waals surface area (Å²) >= 11 is 0. The van der Waals surface area contributed by atoms with Gasteiger partial charge in [-0.15, -0.1) is 0 Å². The van der Waals surface area contributed by atoms with E-state index in [1.54, 1.807) is 0 Å². The second-order valence-corrected chi connectivity index (χ2v) is 8.16. The van der Waals surface area contributed by atoms with Crippen LogP contribution in [-0.4, -0.2) is 30.0 Å². The minimum absolute atomic E-state index is 0.456. The molecule has 1 aliphatic heterocycles. The third kappa shape index (κ3) is 4.30. The van der Waals surface area contributed by atoms with E-state index in [0.29, 0.717) is 0 Å². The van der Waals surface area contributed by atoms with Crippen LogP contribution in [0.4, 0.5) is 4.79 Å². The van der Waals surface area contributed by atoms with Gasteiger partial charge >= 0.3 is 13.2 Å². The number of hydrogen-bond donors (Lipinski definition) is 1. The van der Waals surface area contributed by atoms with E-state index < -0.39 is 36.0 Å². The van der Waals surface area contributed by atoms with Gasteiger partial charge in [0.1, 0.15) is 5.60 Å². The molecule has 0 saturated carbocycles. The molecule has 24 heavy (non-hydrogen) atoms. The summed E-state index contributed by atoms with van der Waals surface area (Å²) in [6, 6.07) is 9.65. The van der Waals surface area contributed by atoms with E-state index in [9.17, 15) is 4.79 Å². The fourth-order valence-corrected chi connectivity index (χ4v) is 2.43. The van der Waals surface area contributed by atoms with Gasteiger partial charge in [-0.05, 0) is 54.0 Å². The average Bonchev–Trinajstić information content (AvgIpc) is 2.63. The summed E-state index contributed by atoms with van der Waals surface area (Å²) in [5.41, 5.74) is -0.608. The van der Waals surface area contributed by atoms with Crippen LogP contribution in [0.3, 0.4) is 0 Å². The van der Waals surface area contributed by atoms with Crippen LogP contribution in [0.15, 0.2) is 30.3 Å². The van der Waals surface area contributed by atoms with Crippen LogP contribution >= 0.6 is 0 Å². The van der Waals surface area contributed by atoms with Gasteiger partial charge in [-0.1, -0.05) is 30.3 Å². The minimum atomic E-state index is -0.593. The third-order valence-corrected chi connectivity index (χ3v) is 4.37. The molecule has 1 aromatic rings. The predicted molar refractivity (Wildman–Crippen MR) is 94.6 cm³/mol. The van der Waals surface area contributed by atoms with E-state index in [4.69, 9.17) is 14.0 Å². The first-order valence-electron chi connectivity index (χ1n) is 8.31. The first-order valence-corrected chi connectivity index (χ1v) is 8.31. The summed E-state index contributed by atoms with van der Waals surface area (Å²) in [6.45, 7) is 13.5. The standard InChI is InChI=1S/C18H28BNO4/c1-16(2,3)22-15(21)20-14(13-11-9-8-10-12-13)19-23-17(4,5)18(6,7)24-19/h8-12,14H,1-7H3,(H,20,21)/t14-/m0/s1. The van der Waals surface area contributed by atoms with E-state index in [0.717, 1.165) is 5.56 Å². The number of benzene rings is 1. The first-order chi connectivity index (χ1) is 10.9. The third-order valence-electron chi connectivity index (χ3n) is 4.37. The average molecular weight is 333 g/mol. The molecule has 1 aromatic carbocycles. The molecule has 1 aliphatic rings. The Balaban J connectivity index is 2.24. The Kier molecular flexibility index (Phi) is 5.02. The summed E-state index contributed by atoms with van der Waals surface area (Å²) in [4.78, 5) is 12.3. The van der Waals surface area contributed by atoms with Crippen molar-refractivity contribution in [3.05, 3.63) is 35.9 Å². The van der Waals surface area contributed by atoms with Crippen LogP contribution < -0.4 is 5.32 Å². The van der Waals surface area contributed by atoms with Crippen molar-refractivity contribution < 1.29 is 18.8 Å². The summed E-state index contributed by atoms with van der Waals surface area (Å²) in [7, 11) is -0.593. The van der Waals surface area contributed by atoms with E-state index in [1.165, 1.54) is 0 Å².